The molecular formula is C34H43F3N6O2S. The third kappa shape index (κ3) is 9.25. The predicted molar refractivity (Wildman–Crippen MR) is 176 cm³/mol. The minimum atomic E-state index is -4.40. The monoisotopic (exact) mass is 656 g/mol. The van der Waals surface area contributed by atoms with E-state index in [1.165, 1.54) is 23.0 Å². The van der Waals surface area contributed by atoms with Gasteiger partial charge in [0.25, 0.3) is 0 Å². The van der Waals surface area contributed by atoms with Crippen LogP contribution in [0, 0.1) is 12.3 Å². The Balaban J connectivity index is 1.62. The Labute approximate surface area is 273 Å². The van der Waals surface area contributed by atoms with E-state index in [1.807, 2.05) is 45.9 Å². The fraction of sp³-hybridized carbons (Fsp3) is 0.412. The zero-order valence-corrected chi connectivity index (χ0v) is 27.5. The van der Waals surface area contributed by atoms with Crippen molar-refractivity contribution < 1.29 is 22.7 Å². The first-order valence-corrected chi connectivity index (χ1v) is 16.1. The van der Waals surface area contributed by atoms with Crippen molar-refractivity contribution in [2.45, 2.75) is 70.7 Å². The minimum Gasteiger partial charge on any atom is -0.399 e. The molecule has 0 saturated heterocycles. The van der Waals surface area contributed by atoms with Crippen LogP contribution in [0.4, 0.5) is 18.9 Å². The highest BCUT2D eigenvalue weighted by atomic mass is 32.2. The SMILES string of the molecule is CCCN(N)/C=C(\N)COC(c1ccc(C)c(CN2CCCc3ccc(C(F)(F)F)cc3S2)c1)C(C)(C)C(=O)Nc1cccnc1. The van der Waals surface area contributed by atoms with Crippen LogP contribution in [0.25, 0.3) is 0 Å². The fourth-order valence-electron chi connectivity index (χ4n) is 5.30. The molecule has 0 fully saturated rings. The number of benzene rings is 2. The molecule has 2 aromatic carbocycles. The molecule has 1 aliphatic rings. The Kier molecular flexibility index (Phi) is 11.8. The summed E-state index contributed by atoms with van der Waals surface area (Å²) in [7, 11) is 0. The normalized spacial score (nSPS) is 15.2. The lowest BCUT2D eigenvalue weighted by Gasteiger charge is -2.34. The third-order valence-electron chi connectivity index (χ3n) is 7.89. The zero-order chi connectivity index (χ0) is 33.5. The van der Waals surface area contributed by atoms with Crippen molar-refractivity contribution in [3.63, 3.8) is 0 Å². The van der Waals surface area contributed by atoms with Gasteiger partial charge in [-0.1, -0.05) is 31.2 Å². The summed E-state index contributed by atoms with van der Waals surface area (Å²) in [5.41, 5.74) is 9.24. The van der Waals surface area contributed by atoms with Crippen LogP contribution in [0.3, 0.4) is 0 Å². The number of aryl methyl sites for hydroxylation is 2. The van der Waals surface area contributed by atoms with E-state index in [0.29, 0.717) is 42.3 Å². The molecule has 2 heterocycles. The zero-order valence-electron chi connectivity index (χ0n) is 26.7. The molecule has 248 valence electrons. The molecular weight excluding hydrogens is 613 g/mol. The van der Waals surface area contributed by atoms with Crippen LogP contribution < -0.4 is 16.9 Å². The molecule has 1 amide bonds. The first-order valence-electron chi connectivity index (χ1n) is 15.3. The van der Waals surface area contributed by atoms with Crippen molar-refractivity contribution in [3.8, 4) is 0 Å². The Morgan fingerprint density at radius 2 is 2.00 bits per heavy atom. The van der Waals surface area contributed by atoms with Gasteiger partial charge in [-0.05, 0) is 98.5 Å². The van der Waals surface area contributed by atoms with Crippen LogP contribution in [0.5, 0.6) is 0 Å². The van der Waals surface area contributed by atoms with Crippen LogP contribution in [-0.2, 0) is 28.7 Å². The van der Waals surface area contributed by atoms with Crippen LogP contribution in [0.15, 0.2) is 77.7 Å². The number of aromatic nitrogens is 1. The number of amides is 1. The summed E-state index contributed by atoms with van der Waals surface area (Å²) >= 11 is 1.35. The lowest BCUT2D eigenvalue weighted by molar-refractivity contribution is -0.137. The quantitative estimate of drug-likeness (QED) is 0.109. The van der Waals surface area contributed by atoms with Gasteiger partial charge in [0.05, 0.1) is 41.3 Å². The van der Waals surface area contributed by atoms with E-state index < -0.39 is 23.3 Å². The number of halogens is 3. The highest BCUT2D eigenvalue weighted by molar-refractivity contribution is 7.97. The van der Waals surface area contributed by atoms with Gasteiger partial charge in [-0.25, -0.2) is 10.1 Å². The molecule has 46 heavy (non-hydrogen) atoms. The molecule has 3 aromatic rings. The topological polar surface area (TPSA) is 110 Å². The van der Waals surface area contributed by atoms with E-state index in [1.54, 1.807) is 36.8 Å². The standard InChI is InChI=1S/C34H43F3N6O2S/c1-5-15-42(39)21-28(38)22-45-31(33(3,4)32(44)41-29-9-6-14-40-19-29)25-11-10-23(2)26(17-25)20-43-16-7-8-24-12-13-27(34(35,36)37)18-30(24)46-43/h6,9-14,17-19,21,31H,5,7-8,15-16,20,22,38-39H2,1-4H3,(H,41,44)/b28-21-. The summed E-state index contributed by atoms with van der Waals surface area (Å²) in [5, 5.41) is 4.45. The molecule has 12 heteroatoms. The molecule has 0 saturated carbocycles. The van der Waals surface area contributed by atoms with Gasteiger partial charge >= 0.3 is 6.18 Å². The Morgan fingerprint density at radius 3 is 2.70 bits per heavy atom. The average molecular weight is 657 g/mol. The second-order valence-electron chi connectivity index (χ2n) is 12.1. The second-order valence-corrected chi connectivity index (χ2v) is 13.3. The number of carbonyl (C=O) groups excluding carboxylic acids is 1. The lowest BCUT2D eigenvalue weighted by Crippen LogP contribution is -2.38. The summed E-state index contributed by atoms with van der Waals surface area (Å²) < 4.78 is 48.9. The number of nitrogens with zero attached hydrogens (tertiary/aromatic N) is 3. The van der Waals surface area contributed by atoms with Crippen molar-refractivity contribution >= 4 is 23.5 Å². The first-order chi connectivity index (χ1) is 21.8. The first kappa shape index (κ1) is 35.3. The molecule has 1 atom stereocenters. The molecule has 0 aliphatic carbocycles. The number of rotatable bonds is 12. The summed E-state index contributed by atoms with van der Waals surface area (Å²) in [6, 6.07) is 13.4. The average Bonchev–Trinajstić information content (AvgIpc) is 3.20. The minimum absolute atomic E-state index is 0.0369. The second kappa shape index (κ2) is 15.3. The molecule has 8 nitrogen and oxygen atoms in total. The predicted octanol–water partition coefficient (Wildman–Crippen LogP) is 6.97. The number of hydrazine groups is 1. The highest BCUT2D eigenvalue weighted by Crippen LogP contribution is 2.40. The molecule has 1 aromatic heterocycles. The summed E-state index contributed by atoms with van der Waals surface area (Å²) in [5.74, 6) is 5.75. The number of hydrogen-bond acceptors (Lipinski definition) is 8. The number of anilines is 1. The Hall–Kier alpha value is -3.58. The van der Waals surface area contributed by atoms with Crippen molar-refractivity contribution in [1.82, 2.24) is 14.3 Å². The molecule has 4 rings (SSSR count). The van der Waals surface area contributed by atoms with E-state index in [2.05, 4.69) is 14.6 Å². The van der Waals surface area contributed by atoms with Gasteiger partial charge in [0.2, 0.25) is 5.91 Å². The maximum Gasteiger partial charge on any atom is 0.416 e. The number of pyridine rings is 1. The van der Waals surface area contributed by atoms with E-state index in [9.17, 15) is 18.0 Å². The smallest absolute Gasteiger partial charge is 0.399 e. The van der Waals surface area contributed by atoms with Gasteiger partial charge in [-0.2, -0.15) is 13.2 Å². The van der Waals surface area contributed by atoms with Gasteiger partial charge in [0.1, 0.15) is 0 Å². The van der Waals surface area contributed by atoms with Gasteiger partial charge < -0.3 is 20.8 Å². The molecule has 5 N–H and O–H groups in total. The van der Waals surface area contributed by atoms with Crippen molar-refractivity contribution in [2.75, 3.05) is 25.0 Å². The number of alkyl halides is 3. The lowest BCUT2D eigenvalue weighted by atomic mass is 9.80. The molecule has 1 unspecified atom stereocenters. The number of ether oxygens (including phenoxy) is 1. The van der Waals surface area contributed by atoms with Crippen LogP contribution in [0.2, 0.25) is 0 Å². The van der Waals surface area contributed by atoms with Crippen molar-refractivity contribution in [2.24, 2.45) is 17.0 Å². The van der Waals surface area contributed by atoms with Crippen LogP contribution in [-0.4, -0.2) is 39.9 Å². The van der Waals surface area contributed by atoms with Crippen molar-refractivity contribution in [3.05, 3.63) is 101 Å². The maximum absolute atomic E-state index is 13.7. The number of nitrogens with two attached hydrogens (primary N) is 2. The Bertz CT molecular complexity index is 1520. The van der Waals surface area contributed by atoms with Gasteiger partial charge in [0, 0.05) is 36.9 Å². The largest absolute Gasteiger partial charge is 0.416 e. The number of hydrogen-bond donors (Lipinski definition) is 3. The summed E-state index contributed by atoms with van der Waals surface area (Å²) in [6.07, 6.45) is 2.10. The van der Waals surface area contributed by atoms with Gasteiger partial charge in [-0.3, -0.25) is 9.78 Å². The number of fused-ring (bicyclic) bond motifs is 1. The van der Waals surface area contributed by atoms with Gasteiger partial charge in [-0.15, -0.1) is 0 Å². The molecule has 0 spiro atoms. The van der Waals surface area contributed by atoms with E-state index in [-0.39, 0.29) is 12.5 Å². The summed E-state index contributed by atoms with van der Waals surface area (Å²) in [4.78, 5) is 18.4. The maximum atomic E-state index is 13.7. The Morgan fingerprint density at radius 1 is 1.22 bits per heavy atom. The summed E-state index contributed by atoms with van der Waals surface area (Å²) in [6.45, 7) is 9.50. The molecule has 0 bridgehead atoms. The van der Waals surface area contributed by atoms with E-state index >= 15 is 0 Å². The van der Waals surface area contributed by atoms with E-state index in [0.717, 1.165) is 41.2 Å². The fourth-order valence-corrected chi connectivity index (χ4v) is 6.47. The number of carbonyl (C=O) groups is 1. The van der Waals surface area contributed by atoms with E-state index in [4.69, 9.17) is 16.3 Å². The number of nitrogens with one attached hydrogen (secondary N) is 1. The van der Waals surface area contributed by atoms with Gasteiger partial charge in [0.15, 0.2) is 0 Å². The highest BCUT2D eigenvalue weighted by Gasteiger charge is 2.39. The van der Waals surface area contributed by atoms with Crippen LogP contribution >= 0.6 is 11.9 Å². The third-order valence-corrected chi connectivity index (χ3v) is 9.04. The van der Waals surface area contributed by atoms with Crippen LogP contribution in [0.1, 0.15) is 67.5 Å². The molecule has 0 radical (unpaired) electrons. The molecule has 1 aliphatic heterocycles. The van der Waals surface area contributed by atoms with Crippen molar-refractivity contribution in [1.29, 1.82) is 0 Å².